The molecule has 46 heavy (non-hydrogen) atoms. The molecule has 2 rings (SSSR count). The van der Waals surface area contributed by atoms with Gasteiger partial charge in [-0.3, -0.25) is 14.4 Å². The minimum absolute atomic E-state index is 0.0811. The first-order chi connectivity index (χ1) is 21.3. The number of nitrogens with zero attached hydrogens (tertiary/aromatic N) is 2. The highest BCUT2D eigenvalue weighted by molar-refractivity contribution is 5.96. The van der Waals surface area contributed by atoms with Gasteiger partial charge < -0.3 is 30.7 Å². The van der Waals surface area contributed by atoms with Crippen molar-refractivity contribution in [3.8, 4) is 6.07 Å². The van der Waals surface area contributed by atoms with Crippen LogP contribution in [0.15, 0.2) is 48.5 Å². The number of carbonyl (C=O) groups is 5. The predicted octanol–water partition coefficient (Wildman–Crippen LogP) is 3.53. The van der Waals surface area contributed by atoms with Gasteiger partial charge in [-0.05, 0) is 72.1 Å². The second kappa shape index (κ2) is 15.9. The molecule has 3 atom stereocenters. The summed E-state index contributed by atoms with van der Waals surface area (Å²) in [5, 5.41) is 14.9. The van der Waals surface area contributed by atoms with E-state index in [-0.39, 0.29) is 6.42 Å². The number of esters is 1. The van der Waals surface area contributed by atoms with Gasteiger partial charge in [-0.15, -0.1) is 0 Å². The number of carbonyl (C=O) groups excluding carboxylic acids is 5. The molecule has 3 unspecified atom stereocenters. The first kappa shape index (κ1) is 37.3. The van der Waals surface area contributed by atoms with E-state index in [1.54, 1.807) is 90.9 Å². The Hall–Kier alpha value is -4.92. The molecule has 12 heteroatoms. The summed E-state index contributed by atoms with van der Waals surface area (Å²) in [6.45, 7) is 13.0. The van der Waals surface area contributed by atoms with Gasteiger partial charge >= 0.3 is 12.1 Å². The zero-order valence-electron chi connectivity index (χ0n) is 27.8. The van der Waals surface area contributed by atoms with Gasteiger partial charge in [0.05, 0.1) is 12.5 Å². The van der Waals surface area contributed by atoms with Crippen LogP contribution in [0.5, 0.6) is 0 Å². The molecule has 12 nitrogen and oxygen atoms in total. The number of rotatable bonds is 12. The molecule has 0 heterocycles. The van der Waals surface area contributed by atoms with Gasteiger partial charge in [0, 0.05) is 6.42 Å². The molecule has 2 aromatic carbocycles. The number of nitriles is 1. The van der Waals surface area contributed by atoms with E-state index >= 15 is 0 Å². The Morgan fingerprint density at radius 3 is 2.02 bits per heavy atom. The predicted molar refractivity (Wildman–Crippen MR) is 171 cm³/mol. The van der Waals surface area contributed by atoms with E-state index in [1.807, 2.05) is 19.1 Å². The van der Waals surface area contributed by atoms with Gasteiger partial charge in [-0.2, -0.15) is 5.26 Å². The van der Waals surface area contributed by atoms with Crippen molar-refractivity contribution in [2.75, 3.05) is 6.54 Å². The Kier molecular flexibility index (Phi) is 12.9. The lowest BCUT2D eigenvalue weighted by Crippen LogP contribution is -2.55. The fraction of sp³-hybridized carbons (Fsp3) is 0.471. The number of nitrogens with one attached hydrogen (secondary N) is 2. The molecule has 248 valence electrons. The van der Waals surface area contributed by atoms with Gasteiger partial charge in [0.15, 0.2) is 0 Å². The number of aryl methyl sites for hydroxylation is 2. The summed E-state index contributed by atoms with van der Waals surface area (Å²) >= 11 is 0. The van der Waals surface area contributed by atoms with Crippen LogP contribution in [0.4, 0.5) is 4.79 Å². The second-order valence-electron chi connectivity index (χ2n) is 13.0. The Morgan fingerprint density at radius 2 is 1.50 bits per heavy atom. The van der Waals surface area contributed by atoms with Crippen LogP contribution in [-0.4, -0.2) is 64.5 Å². The quantitative estimate of drug-likeness (QED) is 0.234. The molecule has 4 N–H and O–H groups in total. The minimum Gasteiger partial charge on any atom is -0.458 e. The van der Waals surface area contributed by atoms with Crippen molar-refractivity contribution in [2.45, 2.75) is 97.6 Å². The molecule has 0 aliphatic heterocycles. The van der Waals surface area contributed by atoms with Crippen LogP contribution in [0.25, 0.3) is 0 Å². The van der Waals surface area contributed by atoms with Crippen molar-refractivity contribution in [3.63, 3.8) is 0 Å². The molecule has 0 aliphatic carbocycles. The van der Waals surface area contributed by atoms with Gasteiger partial charge in [-0.25, -0.2) is 9.59 Å². The molecule has 0 spiro atoms. The number of amides is 4. The van der Waals surface area contributed by atoms with Crippen molar-refractivity contribution < 1.29 is 33.4 Å². The topological polar surface area (TPSA) is 181 Å². The summed E-state index contributed by atoms with van der Waals surface area (Å²) in [6, 6.07) is 11.9. The van der Waals surface area contributed by atoms with Crippen molar-refractivity contribution in [1.82, 2.24) is 15.5 Å². The third-order valence-corrected chi connectivity index (χ3v) is 6.49. The number of nitrogens with two attached hydrogens (primary N) is 1. The van der Waals surface area contributed by atoms with Crippen molar-refractivity contribution >= 4 is 29.8 Å². The van der Waals surface area contributed by atoms with Gasteiger partial charge in [-0.1, -0.05) is 54.1 Å². The van der Waals surface area contributed by atoms with Crippen LogP contribution in [-0.2, 0) is 35.1 Å². The number of primary amides is 1. The number of benzene rings is 2. The number of alkyl carbamates (subject to hydrolysis) is 1. The number of hydrogen-bond acceptors (Lipinski definition) is 8. The Labute approximate surface area is 270 Å². The van der Waals surface area contributed by atoms with Crippen molar-refractivity contribution in [1.29, 1.82) is 5.26 Å². The lowest BCUT2D eigenvalue weighted by molar-refractivity contribution is -0.159. The maximum Gasteiger partial charge on any atom is 0.408 e. The summed E-state index contributed by atoms with van der Waals surface area (Å²) in [5.74, 6) is -3.31. The molecular formula is C34H45N5O7. The number of hydrogen-bond donors (Lipinski definition) is 3. The molecule has 2 aromatic rings. The first-order valence-corrected chi connectivity index (χ1v) is 14.9. The maximum atomic E-state index is 14.3. The molecule has 4 amide bonds. The van der Waals surface area contributed by atoms with Gasteiger partial charge in [0.2, 0.25) is 17.7 Å². The normalized spacial score (nSPS) is 13.3. The lowest BCUT2D eigenvalue weighted by Gasteiger charge is -2.34. The molecule has 0 aliphatic rings. The van der Waals surface area contributed by atoms with Crippen molar-refractivity contribution in [2.24, 2.45) is 5.73 Å². The maximum absolute atomic E-state index is 14.3. The van der Waals surface area contributed by atoms with Gasteiger partial charge in [0.25, 0.3) is 0 Å². The SMILES string of the molecule is Cc1ccc(C(C(=O)NC(Cc2ccccc2)C(=O)OC(C)(C)C)N(CC#N)C(=O)C(CC(N)=O)NC(=O)OC(C)(C)C)c(C)c1. The van der Waals surface area contributed by atoms with E-state index in [0.29, 0.717) is 11.1 Å². The van der Waals surface area contributed by atoms with E-state index in [9.17, 15) is 29.2 Å². The molecule has 0 saturated heterocycles. The Morgan fingerprint density at radius 1 is 0.891 bits per heavy atom. The molecule has 0 aromatic heterocycles. The van der Waals surface area contributed by atoms with E-state index in [4.69, 9.17) is 15.2 Å². The fourth-order valence-corrected chi connectivity index (χ4v) is 4.67. The van der Waals surface area contributed by atoms with Crippen molar-refractivity contribution in [3.05, 3.63) is 70.8 Å². The van der Waals surface area contributed by atoms with E-state index < -0.39 is 72.1 Å². The fourth-order valence-electron chi connectivity index (χ4n) is 4.67. The van der Waals surface area contributed by atoms with Crippen LogP contribution in [0, 0.1) is 25.2 Å². The van der Waals surface area contributed by atoms with Crippen LogP contribution < -0.4 is 16.4 Å². The van der Waals surface area contributed by atoms with E-state index in [0.717, 1.165) is 16.0 Å². The van der Waals surface area contributed by atoms with Crippen LogP contribution in [0.1, 0.15) is 76.3 Å². The summed E-state index contributed by atoms with van der Waals surface area (Å²) in [4.78, 5) is 67.4. The summed E-state index contributed by atoms with van der Waals surface area (Å²) in [6.07, 6.45) is -1.54. The smallest absolute Gasteiger partial charge is 0.408 e. The average Bonchev–Trinajstić information content (AvgIpc) is 2.91. The molecule has 0 saturated carbocycles. The van der Waals surface area contributed by atoms with Crippen LogP contribution in [0.2, 0.25) is 0 Å². The summed E-state index contributed by atoms with van der Waals surface area (Å²) < 4.78 is 10.9. The largest absolute Gasteiger partial charge is 0.458 e. The molecule has 0 fully saturated rings. The van der Waals surface area contributed by atoms with Crippen LogP contribution in [0.3, 0.4) is 0 Å². The first-order valence-electron chi connectivity index (χ1n) is 14.9. The van der Waals surface area contributed by atoms with Gasteiger partial charge in [0.1, 0.15) is 35.9 Å². The highest BCUT2D eigenvalue weighted by Crippen LogP contribution is 2.27. The zero-order valence-corrected chi connectivity index (χ0v) is 27.8. The summed E-state index contributed by atoms with van der Waals surface area (Å²) in [7, 11) is 0. The van der Waals surface area contributed by atoms with Crippen LogP contribution >= 0.6 is 0 Å². The van der Waals surface area contributed by atoms with E-state index in [2.05, 4.69) is 10.6 Å². The summed E-state index contributed by atoms with van der Waals surface area (Å²) in [5.41, 5.74) is 6.26. The monoisotopic (exact) mass is 635 g/mol. The molecule has 0 radical (unpaired) electrons. The molecular weight excluding hydrogens is 590 g/mol. The Bertz CT molecular complexity index is 1450. The zero-order chi connectivity index (χ0) is 34.8. The highest BCUT2D eigenvalue weighted by atomic mass is 16.6. The third kappa shape index (κ3) is 11.9. The third-order valence-electron chi connectivity index (χ3n) is 6.49. The number of ether oxygens (including phenoxy) is 2. The average molecular weight is 636 g/mol. The lowest BCUT2D eigenvalue weighted by atomic mass is 9.95. The highest BCUT2D eigenvalue weighted by Gasteiger charge is 2.39. The standard InChI is InChI=1S/C34H45N5O7/c1-21-14-15-24(22(2)18-21)28(29(41)37-26(31(43)45-33(3,4)5)19-23-12-10-9-11-13-23)39(17-16-35)30(42)25(20-27(36)40)38-32(44)46-34(6,7)8/h9-15,18,25-26,28H,17,19-20H2,1-8H3,(H2,36,40)(H,37,41)(H,38,44). The second-order valence-corrected chi connectivity index (χ2v) is 13.0. The Balaban J connectivity index is 2.64. The van der Waals surface area contributed by atoms with E-state index in [1.165, 1.54) is 0 Å². The minimum atomic E-state index is -1.56. The molecule has 0 bridgehead atoms.